The molecule has 2 amide bonds. The second-order valence-corrected chi connectivity index (χ2v) is 8.33. The minimum Gasteiger partial charge on any atom is -0.384 e. The predicted molar refractivity (Wildman–Crippen MR) is 111 cm³/mol. The Bertz CT molecular complexity index is 741. The number of halogens is 1. The fourth-order valence-corrected chi connectivity index (χ4v) is 4.59. The SMILES string of the molecule is C=CC(=O)N[C@H]1CN(C(=O)CC2(COC)CCOCC2)CC[C@@H]1c1ccc(F)cc1. The first kappa shape index (κ1) is 22.4. The molecular formula is C23H31FN2O4. The molecule has 2 atom stereocenters. The van der Waals surface area contributed by atoms with Gasteiger partial charge in [-0.15, -0.1) is 0 Å². The third-order valence-corrected chi connectivity index (χ3v) is 6.31. The molecule has 0 spiro atoms. The first-order chi connectivity index (χ1) is 14.5. The Balaban J connectivity index is 1.72. The van der Waals surface area contributed by atoms with Crippen LogP contribution >= 0.6 is 0 Å². The quantitative estimate of drug-likeness (QED) is 0.692. The van der Waals surface area contributed by atoms with E-state index in [1.54, 1.807) is 19.2 Å². The highest BCUT2D eigenvalue weighted by Gasteiger charge is 2.39. The van der Waals surface area contributed by atoms with Gasteiger partial charge < -0.3 is 19.7 Å². The van der Waals surface area contributed by atoms with Crippen LogP contribution in [0.3, 0.4) is 0 Å². The summed E-state index contributed by atoms with van der Waals surface area (Å²) in [4.78, 5) is 27.0. The van der Waals surface area contributed by atoms with Crippen LogP contribution in [0.4, 0.5) is 4.39 Å². The lowest BCUT2D eigenvalue weighted by atomic mass is 9.77. The summed E-state index contributed by atoms with van der Waals surface area (Å²) in [5.74, 6) is -0.487. The van der Waals surface area contributed by atoms with Crippen LogP contribution in [-0.4, -0.2) is 62.8 Å². The molecule has 0 radical (unpaired) electrons. The maximum Gasteiger partial charge on any atom is 0.243 e. The molecule has 0 unspecified atom stereocenters. The molecule has 3 rings (SSSR count). The summed E-state index contributed by atoms with van der Waals surface area (Å²) in [5, 5.41) is 2.97. The maximum atomic E-state index is 13.4. The van der Waals surface area contributed by atoms with Crippen molar-refractivity contribution < 1.29 is 23.5 Å². The molecule has 30 heavy (non-hydrogen) atoms. The Morgan fingerprint density at radius 2 is 2.03 bits per heavy atom. The highest BCUT2D eigenvalue weighted by atomic mass is 19.1. The molecule has 164 valence electrons. The summed E-state index contributed by atoms with van der Waals surface area (Å²) >= 11 is 0. The number of ether oxygens (including phenoxy) is 2. The molecule has 2 saturated heterocycles. The smallest absolute Gasteiger partial charge is 0.243 e. The molecule has 0 saturated carbocycles. The number of piperidine rings is 1. The van der Waals surface area contributed by atoms with Crippen molar-refractivity contribution in [2.24, 2.45) is 5.41 Å². The van der Waals surface area contributed by atoms with Gasteiger partial charge in [0.15, 0.2) is 0 Å². The zero-order valence-electron chi connectivity index (χ0n) is 17.6. The zero-order valence-corrected chi connectivity index (χ0v) is 17.6. The molecule has 1 aromatic rings. The highest BCUT2D eigenvalue weighted by molar-refractivity contribution is 5.87. The minimum absolute atomic E-state index is 0.00886. The molecule has 7 heteroatoms. The van der Waals surface area contributed by atoms with Gasteiger partial charge in [0.1, 0.15) is 5.82 Å². The van der Waals surface area contributed by atoms with Gasteiger partial charge in [0.2, 0.25) is 11.8 Å². The minimum atomic E-state index is -0.294. The molecular weight excluding hydrogens is 387 g/mol. The van der Waals surface area contributed by atoms with Gasteiger partial charge in [-0.3, -0.25) is 9.59 Å². The van der Waals surface area contributed by atoms with Crippen molar-refractivity contribution in [3.05, 3.63) is 48.3 Å². The van der Waals surface area contributed by atoms with Crippen LogP contribution in [0.1, 0.15) is 37.2 Å². The van der Waals surface area contributed by atoms with Gasteiger partial charge in [0, 0.05) is 51.2 Å². The number of carbonyl (C=O) groups excluding carboxylic acids is 2. The number of methoxy groups -OCH3 is 1. The lowest BCUT2D eigenvalue weighted by molar-refractivity contribution is -0.139. The van der Waals surface area contributed by atoms with Crippen LogP contribution in [0.15, 0.2) is 36.9 Å². The monoisotopic (exact) mass is 418 g/mol. The molecule has 1 N–H and O–H groups in total. The van der Waals surface area contributed by atoms with Gasteiger partial charge >= 0.3 is 0 Å². The average Bonchev–Trinajstić information content (AvgIpc) is 2.75. The van der Waals surface area contributed by atoms with E-state index >= 15 is 0 Å². The van der Waals surface area contributed by atoms with Crippen LogP contribution in [0.25, 0.3) is 0 Å². The molecule has 1 aromatic carbocycles. The number of hydrogen-bond acceptors (Lipinski definition) is 4. The molecule has 0 bridgehead atoms. The molecule has 2 heterocycles. The first-order valence-corrected chi connectivity index (χ1v) is 10.5. The molecule has 2 fully saturated rings. The number of amides is 2. The van der Waals surface area contributed by atoms with E-state index < -0.39 is 0 Å². The van der Waals surface area contributed by atoms with E-state index in [4.69, 9.17) is 9.47 Å². The normalized spacial score (nSPS) is 23.6. The summed E-state index contributed by atoms with van der Waals surface area (Å²) in [6.07, 6.45) is 3.94. The number of hydrogen-bond donors (Lipinski definition) is 1. The summed E-state index contributed by atoms with van der Waals surface area (Å²) < 4.78 is 24.2. The predicted octanol–water partition coefficient (Wildman–Crippen LogP) is 2.65. The summed E-state index contributed by atoms with van der Waals surface area (Å²) in [5.41, 5.74) is 0.760. The fraction of sp³-hybridized carbons (Fsp3) is 0.565. The number of nitrogens with zero attached hydrogens (tertiary/aromatic N) is 1. The van der Waals surface area contributed by atoms with Crippen molar-refractivity contribution in [1.29, 1.82) is 0 Å². The zero-order chi connectivity index (χ0) is 21.6. The second kappa shape index (κ2) is 10.2. The van der Waals surface area contributed by atoms with Crippen molar-refractivity contribution in [2.45, 2.75) is 37.6 Å². The van der Waals surface area contributed by atoms with Crippen molar-refractivity contribution in [1.82, 2.24) is 10.2 Å². The third kappa shape index (κ3) is 5.46. The molecule has 6 nitrogen and oxygen atoms in total. The lowest BCUT2D eigenvalue weighted by Crippen LogP contribution is -2.53. The second-order valence-electron chi connectivity index (χ2n) is 8.33. The lowest BCUT2D eigenvalue weighted by Gasteiger charge is -2.42. The Morgan fingerprint density at radius 1 is 1.33 bits per heavy atom. The van der Waals surface area contributed by atoms with E-state index in [0.29, 0.717) is 45.8 Å². The number of nitrogens with one attached hydrogen (secondary N) is 1. The summed E-state index contributed by atoms with van der Waals surface area (Å²) in [7, 11) is 1.66. The average molecular weight is 419 g/mol. The maximum absolute atomic E-state index is 13.4. The number of benzene rings is 1. The fourth-order valence-electron chi connectivity index (χ4n) is 4.59. The number of rotatable bonds is 7. The highest BCUT2D eigenvalue weighted by Crippen LogP contribution is 2.36. The standard InChI is InChI=1S/C23H31FN2O4/c1-3-21(27)25-20-15-26(11-8-19(20)17-4-6-18(24)7-5-17)22(28)14-23(16-29-2)9-12-30-13-10-23/h3-7,19-20H,1,8-16H2,2H3,(H,25,27)/t19-,20+/m1/s1. The van der Waals surface area contributed by atoms with Gasteiger partial charge in [-0.1, -0.05) is 18.7 Å². The Kier molecular flexibility index (Phi) is 7.61. The van der Waals surface area contributed by atoms with Gasteiger partial charge in [-0.25, -0.2) is 4.39 Å². The van der Waals surface area contributed by atoms with E-state index in [-0.39, 0.29) is 35.0 Å². The van der Waals surface area contributed by atoms with Crippen molar-refractivity contribution in [3.8, 4) is 0 Å². The van der Waals surface area contributed by atoms with Crippen LogP contribution in [0.2, 0.25) is 0 Å². The first-order valence-electron chi connectivity index (χ1n) is 10.5. The number of carbonyl (C=O) groups is 2. The van der Waals surface area contributed by atoms with Gasteiger partial charge in [-0.2, -0.15) is 0 Å². The van der Waals surface area contributed by atoms with E-state index in [1.807, 2.05) is 4.90 Å². The van der Waals surface area contributed by atoms with Crippen molar-refractivity contribution in [3.63, 3.8) is 0 Å². The van der Waals surface area contributed by atoms with Crippen LogP contribution in [0, 0.1) is 11.2 Å². The van der Waals surface area contributed by atoms with Gasteiger partial charge in [-0.05, 0) is 43.0 Å². The largest absolute Gasteiger partial charge is 0.384 e. The van der Waals surface area contributed by atoms with Crippen LogP contribution < -0.4 is 5.32 Å². The van der Waals surface area contributed by atoms with Gasteiger partial charge in [0.05, 0.1) is 12.6 Å². The third-order valence-electron chi connectivity index (χ3n) is 6.31. The molecule has 0 aromatic heterocycles. The Hall–Kier alpha value is -2.25. The van der Waals surface area contributed by atoms with E-state index in [1.165, 1.54) is 18.2 Å². The van der Waals surface area contributed by atoms with E-state index in [9.17, 15) is 14.0 Å². The van der Waals surface area contributed by atoms with Crippen molar-refractivity contribution in [2.75, 3.05) is 40.0 Å². The van der Waals surface area contributed by atoms with Crippen LogP contribution in [-0.2, 0) is 19.1 Å². The molecule has 2 aliphatic rings. The molecule has 0 aliphatic carbocycles. The Morgan fingerprint density at radius 3 is 2.67 bits per heavy atom. The summed E-state index contributed by atoms with van der Waals surface area (Å²) in [6.45, 7) is 6.36. The summed E-state index contributed by atoms with van der Waals surface area (Å²) in [6, 6.07) is 6.10. The van der Waals surface area contributed by atoms with Gasteiger partial charge in [0.25, 0.3) is 0 Å². The Labute approximate surface area is 177 Å². The van der Waals surface area contributed by atoms with Crippen LogP contribution in [0.5, 0.6) is 0 Å². The van der Waals surface area contributed by atoms with Crippen molar-refractivity contribution >= 4 is 11.8 Å². The topological polar surface area (TPSA) is 67.9 Å². The van der Waals surface area contributed by atoms with E-state index in [0.717, 1.165) is 18.4 Å². The molecule has 2 aliphatic heterocycles. The number of likely N-dealkylation sites (tertiary alicyclic amines) is 1. The van der Waals surface area contributed by atoms with E-state index in [2.05, 4.69) is 11.9 Å².